The second-order valence-corrected chi connectivity index (χ2v) is 9.63. The second-order valence-electron chi connectivity index (χ2n) is 7.87. The molecule has 0 unspecified atom stereocenters. The minimum absolute atomic E-state index is 0.0498. The summed E-state index contributed by atoms with van der Waals surface area (Å²) in [7, 11) is -2.91. The number of nitrogens with one attached hydrogen (secondary N) is 4. The standard InChI is InChI=1S/C23H29N5O8S/c1-36-23(33)17-8-4-15(5-9-17)13-37(34,35)28-19(12-30)22(32)27-18(11-29)21(31)26-10-14-2-6-16(7-3-14)20(24)25/h2-9,18-19,28-30H,10-13H2,1H3,(H3,24,25)(H,26,31)(H,27,32)/t18-,19+/m0/s1. The summed E-state index contributed by atoms with van der Waals surface area (Å²) in [5.41, 5.74) is 7.10. The molecular formula is C23H29N5O8S. The molecule has 0 fully saturated rings. The molecule has 2 aromatic rings. The number of aliphatic hydroxyl groups is 2. The first kappa shape index (κ1) is 29.4. The first-order chi connectivity index (χ1) is 17.5. The topological polar surface area (TPSA) is 221 Å². The molecule has 0 aliphatic carbocycles. The molecule has 0 heterocycles. The highest BCUT2D eigenvalue weighted by atomic mass is 32.2. The zero-order chi connectivity index (χ0) is 27.6. The third-order valence-corrected chi connectivity index (χ3v) is 6.46. The van der Waals surface area contributed by atoms with Crippen molar-refractivity contribution in [3.63, 3.8) is 0 Å². The number of nitrogen functional groups attached to an aromatic ring is 1. The maximum absolute atomic E-state index is 12.5. The van der Waals surface area contributed by atoms with Crippen LogP contribution in [0.5, 0.6) is 0 Å². The summed E-state index contributed by atoms with van der Waals surface area (Å²) in [6, 6.07) is 9.02. The van der Waals surface area contributed by atoms with Gasteiger partial charge in [-0.2, -0.15) is 0 Å². The number of aliphatic hydroxyl groups excluding tert-OH is 2. The van der Waals surface area contributed by atoms with E-state index < -0.39 is 58.9 Å². The van der Waals surface area contributed by atoms with E-state index in [2.05, 4.69) is 20.1 Å². The number of carbonyl (C=O) groups is 3. The quantitative estimate of drug-likeness (QED) is 0.0884. The lowest BCUT2D eigenvalue weighted by atomic mass is 10.1. The van der Waals surface area contributed by atoms with Crippen molar-refractivity contribution in [3.8, 4) is 0 Å². The van der Waals surface area contributed by atoms with Crippen LogP contribution in [0.2, 0.25) is 0 Å². The number of esters is 1. The lowest BCUT2D eigenvalue weighted by Gasteiger charge is -2.21. The number of hydrogen-bond acceptors (Lipinski definition) is 9. The van der Waals surface area contributed by atoms with Crippen molar-refractivity contribution in [2.24, 2.45) is 5.73 Å². The van der Waals surface area contributed by atoms with Gasteiger partial charge in [0.05, 0.1) is 31.6 Å². The van der Waals surface area contributed by atoms with Gasteiger partial charge in [0.1, 0.15) is 17.9 Å². The van der Waals surface area contributed by atoms with E-state index in [-0.39, 0.29) is 17.9 Å². The highest BCUT2D eigenvalue weighted by molar-refractivity contribution is 7.88. The molecule has 200 valence electrons. The molecule has 0 radical (unpaired) electrons. The van der Waals surface area contributed by atoms with E-state index in [0.717, 1.165) is 0 Å². The van der Waals surface area contributed by atoms with Crippen LogP contribution in [0.3, 0.4) is 0 Å². The number of nitrogens with two attached hydrogens (primary N) is 1. The molecular weight excluding hydrogens is 506 g/mol. The molecule has 0 aliphatic rings. The summed E-state index contributed by atoms with van der Waals surface area (Å²) in [5, 5.41) is 31.2. The van der Waals surface area contributed by atoms with Crippen LogP contribution in [-0.2, 0) is 36.6 Å². The Hall–Kier alpha value is -3.85. The van der Waals surface area contributed by atoms with Gasteiger partial charge in [0.2, 0.25) is 21.8 Å². The van der Waals surface area contributed by atoms with Crippen LogP contribution in [-0.4, -0.2) is 74.7 Å². The number of amidine groups is 1. The summed E-state index contributed by atoms with van der Waals surface area (Å²) >= 11 is 0. The molecule has 2 atom stereocenters. The van der Waals surface area contributed by atoms with E-state index in [0.29, 0.717) is 16.7 Å². The maximum Gasteiger partial charge on any atom is 0.337 e. The van der Waals surface area contributed by atoms with Gasteiger partial charge in [-0.05, 0) is 23.3 Å². The van der Waals surface area contributed by atoms with Crippen molar-refractivity contribution in [2.45, 2.75) is 24.4 Å². The molecule has 0 aromatic heterocycles. The molecule has 8 N–H and O–H groups in total. The molecule has 0 spiro atoms. The molecule has 0 aliphatic heterocycles. The molecule has 0 saturated carbocycles. The van der Waals surface area contributed by atoms with Crippen molar-refractivity contribution in [2.75, 3.05) is 20.3 Å². The summed E-state index contributed by atoms with van der Waals surface area (Å²) in [4.78, 5) is 36.4. The SMILES string of the molecule is COC(=O)c1ccc(CS(=O)(=O)N[C@H](CO)C(=O)N[C@@H](CO)C(=O)NCc2ccc(C(=N)N)cc2)cc1. The number of sulfonamides is 1. The van der Waals surface area contributed by atoms with E-state index in [9.17, 15) is 33.0 Å². The summed E-state index contributed by atoms with van der Waals surface area (Å²) in [6.07, 6.45) is 0. The Bertz CT molecular complexity index is 1220. The van der Waals surface area contributed by atoms with E-state index >= 15 is 0 Å². The van der Waals surface area contributed by atoms with Gasteiger partial charge in [0, 0.05) is 12.1 Å². The van der Waals surface area contributed by atoms with Crippen molar-refractivity contribution < 1.29 is 37.8 Å². The number of amides is 2. The molecule has 14 heteroatoms. The van der Waals surface area contributed by atoms with E-state index in [1.807, 2.05) is 0 Å². The van der Waals surface area contributed by atoms with Crippen molar-refractivity contribution in [3.05, 3.63) is 70.8 Å². The van der Waals surface area contributed by atoms with E-state index in [1.165, 1.54) is 31.4 Å². The van der Waals surface area contributed by atoms with Gasteiger partial charge < -0.3 is 31.3 Å². The average Bonchev–Trinajstić information content (AvgIpc) is 2.88. The summed E-state index contributed by atoms with van der Waals surface area (Å²) in [6.45, 7) is -1.64. The fourth-order valence-corrected chi connectivity index (χ4v) is 4.42. The molecule has 13 nitrogen and oxygen atoms in total. The van der Waals surface area contributed by atoms with Crippen LogP contribution >= 0.6 is 0 Å². The predicted octanol–water partition coefficient (Wildman–Crippen LogP) is -1.67. The predicted molar refractivity (Wildman–Crippen MR) is 133 cm³/mol. The van der Waals surface area contributed by atoms with Crippen LogP contribution in [0.4, 0.5) is 0 Å². The number of rotatable bonds is 13. The Balaban J connectivity index is 1.95. The number of hydrogen-bond donors (Lipinski definition) is 7. The molecule has 0 bridgehead atoms. The highest BCUT2D eigenvalue weighted by Crippen LogP contribution is 2.09. The van der Waals surface area contributed by atoms with Crippen molar-refractivity contribution in [1.29, 1.82) is 5.41 Å². The Morgan fingerprint density at radius 3 is 1.97 bits per heavy atom. The summed E-state index contributed by atoms with van der Waals surface area (Å²) in [5.74, 6) is -3.00. The lowest BCUT2D eigenvalue weighted by Crippen LogP contribution is -2.56. The van der Waals surface area contributed by atoms with Crippen LogP contribution in [0.25, 0.3) is 0 Å². The van der Waals surface area contributed by atoms with Crippen LogP contribution in [0, 0.1) is 5.41 Å². The van der Waals surface area contributed by atoms with Crippen LogP contribution < -0.4 is 21.1 Å². The highest BCUT2D eigenvalue weighted by Gasteiger charge is 2.28. The Morgan fingerprint density at radius 2 is 1.46 bits per heavy atom. The maximum atomic E-state index is 12.5. The zero-order valence-corrected chi connectivity index (χ0v) is 20.7. The Labute approximate surface area is 213 Å². The van der Waals surface area contributed by atoms with E-state index in [4.69, 9.17) is 11.1 Å². The number of benzene rings is 2. The van der Waals surface area contributed by atoms with Gasteiger partial charge in [0.25, 0.3) is 0 Å². The normalized spacial score (nSPS) is 12.7. The van der Waals surface area contributed by atoms with Gasteiger partial charge in [-0.3, -0.25) is 15.0 Å². The zero-order valence-electron chi connectivity index (χ0n) is 19.9. The van der Waals surface area contributed by atoms with Crippen molar-refractivity contribution >= 4 is 33.6 Å². The van der Waals surface area contributed by atoms with Crippen LogP contribution in [0.1, 0.15) is 27.0 Å². The largest absolute Gasteiger partial charge is 0.465 e. The number of carbonyl (C=O) groups excluding carboxylic acids is 3. The molecule has 0 saturated heterocycles. The van der Waals surface area contributed by atoms with Gasteiger partial charge in [-0.1, -0.05) is 36.4 Å². The lowest BCUT2D eigenvalue weighted by molar-refractivity contribution is -0.131. The van der Waals surface area contributed by atoms with Crippen molar-refractivity contribution in [1.82, 2.24) is 15.4 Å². The molecule has 37 heavy (non-hydrogen) atoms. The third-order valence-electron chi connectivity index (χ3n) is 5.10. The minimum Gasteiger partial charge on any atom is -0.465 e. The van der Waals surface area contributed by atoms with Gasteiger partial charge in [0.15, 0.2) is 0 Å². The summed E-state index contributed by atoms with van der Waals surface area (Å²) < 4.78 is 31.7. The monoisotopic (exact) mass is 535 g/mol. The fraction of sp³-hybridized carbons (Fsp3) is 0.304. The molecule has 2 aromatic carbocycles. The Morgan fingerprint density at radius 1 is 0.919 bits per heavy atom. The average molecular weight is 536 g/mol. The smallest absolute Gasteiger partial charge is 0.337 e. The number of ether oxygens (including phenoxy) is 1. The molecule has 2 amide bonds. The fourth-order valence-electron chi connectivity index (χ4n) is 3.09. The number of methoxy groups -OCH3 is 1. The third kappa shape index (κ3) is 8.95. The first-order valence-electron chi connectivity index (χ1n) is 10.9. The Kier molecular flexibility index (Phi) is 10.7. The van der Waals surface area contributed by atoms with Crippen LogP contribution in [0.15, 0.2) is 48.5 Å². The second kappa shape index (κ2) is 13.5. The first-order valence-corrected chi connectivity index (χ1v) is 12.5. The van der Waals surface area contributed by atoms with E-state index in [1.54, 1.807) is 24.3 Å². The van der Waals surface area contributed by atoms with Gasteiger partial charge in [-0.25, -0.2) is 17.9 Å². The molecule has 2 rings (SSSR count). The minimum atomic E-state index is -4.12. The van der Waals surface area contributed by atoms with Gasteiger partial charge in [-0.15, -0.1) is 0 Å². The van der Waals surface area contributed by atoms with Gasteiger partial charge >= 0.3 is 5.97 Å².